The monoisotopic (exact) mass is 234 g/mol. The molecule has 0 bridgehead atoms. The van der Waals surface area contributed by atoms with Crippen molar-refractivity contribution < 1.29 is 19.6 Å². The van der Waals surface area contributed by atoms with Gasteiger partial charge in [0.05, 0.1) is 6.61 Å². The highest BCUT2D eigenvalue weighted by Crippen LogP contribution is 2.05. The third kappa shape index (κ3) is 2.30. The Bertz CT molecular complexity index is 552. The van der Waals surface area contributed by atoms with E-state index in [0.717, 1.165) is 0 Å². The lowest BCUT2D eigenvalue weighted by Gasteiger charge is -1.99. The van der Waals surface area contributed by atoms with Gasteiger partial charge < -0.3 is 19.2 Å². The standard InChI is InChI=1S/C10H11BN2O4/c1-2-17-10(14)8-6-13-5-7(11(15)16)3-4-9(13)12-8/h3-6,15-16H,2H2,1H3. The Balaban J connectivity index is 2.40. The van der Waals surface area contributed by atoms with Crippen molar-refractivity contribution in [3.8, 4) is 0 Å². The smallest absolute Gasteiger partial charge is 0.461 e. The fourth-order valence-corrected chi connectivity index (χ4v) is 1.47. The highest BCUT2D eigenvalue weighted by molar-refractivity contribution is 6.58. The normalized spacial score (nSPS) is 10.5. The summed E-state index contributed by atoms with van der Waals surface area (Å²) in [6.07, 6.45) is 2.98. The molecule has 2 rings (SSSR count). The van der Waals surface area contributed by atoms with Crippen LogP contribution in [0.25, 0.3) is 5.65 Å². The Kier molecular flexibility index (Phi) is 3.12. The quantitative estimate of drug-likeness (QED) is 0.536. The summed E-state index contributed by atoms with van der Waals surface area (Å²) in [5.74, 6) is -0.498. The molecule has 2 aromatic heterocycles. The SMILES string of the molecule is CCOC(=O)c1cn2cc(B(O)O)ccc2n1. The average molecular weight is 234 g/mol. The van der Waals surface area contributed by atoms with Gasteiger partial charge in [0.25, 0.3) is 0 Å². The molecule has 0 aliphatic carbocycles. The molecule has 0 radical (unpaired) electrons. The first kappa shape index (κ1) is 11.6. The van der Waals surface area contributed by atoms with Crippen molar-refractivity contribution in [1.82, 2.24) is 9.38 Å². The molecular formula is C10H11BN2O4. The maximum absolute atomic E-state index is 11.4. The van der Waals surface area contributed by atoms with Crippen LogP contribution in [0.1, 0.15) is 17.4 Å². The first-order valence-electron chi connectivity index (χ1n) is 5.13. The second kappa shape index (κ2) is 4.56. The zero-order chi connectivity index (χ0) is 12.4. The van der Waals surface area contributed by atoms with E-state index in [1.165, 1.54) is 18.5 Å². The molecule has 0 saturated carbocycles. The van der Waals surface area contributed by atoms with Crippen molar-refractivity contribution >= 4 is 24.2 Å². The van der Waals surface area contributed by atoms with E-state index in [0.29, 0.717) is 11.1 Å². The van der Waals surface area contributed by atoms with Gasteiger partial charge in [-0.1, -0.05) is 6.07 Å². The minimum Gasteiger partial charge on any atom is -0.461 e. The summed E-state index contributed by atoms with van der Waals surface area (Å²) in [7, 11) is -1.55. The zero-order valence-electron chi connectivity index (χ0n) is 9.20. The first-order valence-corrected chi connectivity index (χ1v) is 5.13. The lowest BCUT2D eigenvalue weighted by Crippen LogP contribution is -2.30. The summed E-state index contributed by atoms with van der Waals surface area (Å²) in [6.45, 7) is 2.00. The van der Waals surface area contributed by atoms with Gasteiger partial charge in [0, 0.05) is 12.4 Å². The third-order valence-electron chi connectivity index (χ3n) is 2.26. The lowest BCUT2D eigenvalue weighted by molar-refractivity contribution is 0.0520. The number of ether oxygens (including phenoxy) is 1. The summed E-state index contributed by atoms with van der Waals surface area (Å²) >= 11 is 0. The van der Waals surface area contributed by atoms with Gasteiger partial charge in [0.1, 0.15) is 5.65 Å². The molecule has 0 spiro atoms. The molecule has 0 fully saturated rings. The molecule has 2 N–H and O–H groups in total. The van der Waals surface area contributed by atoms with Gasteiger partial charge in [0.2, 0.25) is 0 Å². The number of hydrogen-bond acceptors (Lipinski definition) is 5. The molecule has 0 unspecified atom stereocenters. The number of carbonyl (C=O) groups excluding carboxylic acids is 1. The van der Waals surface area contributed by atoms with E-state index in [9.17, 15) is 4.79 Å². The van der Waals surface area contributed by atoms with Crippen LogP contribution in [0.3, 0.4) is 0 Å². The summed E-state index contributed by atoms with van der Waals surface area (Å²) in [5.41, 5.74) is 1.05. The number of aromatic nitrogens is 2. The van der Waals surface area contributed by atoms with Crippen molar-refractivity contribution in [2.24, 2.45) is 0 Å². The lowest BCUT2D eigenvalue weighted by atomic mass is 9.82. The van der Waals surface area contributed by atoms with Crippen LogP contribution >= 0.6 is 0 Å². The molecule has 6 nitrogen and oxygen atoms in total. The number of imidazole rings is 1. The van der Waals surface area contributed by atoms with E-state index in [1.807, 2.05) is 0 Å². The molecule has 0 amide bonds. The number of pyridine rings is 1. The van der Waals surface area contributed by atoms with Gasteiger partial charge in [0.15, 0.2) is 5.69 Å². The van der Waals surface area contributed by atoms with Crippen LogP contribution < -0.4 is 5.46 Å². The van der Waals surface area contributed by atoms with Crippen LogP contribution in [0, 0.1) is 0 Å². The number of nitrogens with zero attached hydrogens (tertiary/aromatic N) is 2. The molecule has 2 heterocycles. The molecule has 0 aromatic carbocycles. The molecule has 0 aliphatic rings. The van der Waals surface area contributed by atoms with E-state index < -0.39 is 13.1 Å². The summed E-state index contributed by atoms with van der Waals surface area (Å²) in [5, 5.41) is 18.0. The van der Waals surface area contributed by atoms with Crippen molar-refractivity contribution in [3.05, 3.63) is 30.2 Å². The predicted molar refractivity (Wildman–Crippen MR) is 61.0 cm³/mol. The Labute approximate surface area is 97.6 Å². The Morgan fingerprint density at radius 2 is 2.24 bits per heavy atom. The molecule has 7 heteroatoms. The average Bonchev–Trinajstić information content (AvgIpc) is 2.71. The maximum Gasteiger partial charge on any atom is 0.489 e. The number of hydrogen-bond donors (Lipinski definition) is 2. The molecule has 17 heavy (non-hydrogen) atoms. The molecule has 0 saturated heterocycles. The number of esters is 1. The van der Waals surface area contributed by atoms with Crippen LogP contribution in [-0.4, -0.2) is 39.1 Å². The maximum atomic E-state index is 11.4. The Morgan fingerprint density at radius 1 is 1.47 bits per heavy atom. The third-order valence-corrected chi connectivity index (χ3v) is 2.26. The first-order chi connectivity index (χ1) is 8.11. The highest BCUT2D eigenvalue weighted by Gasteiger charge is 2.14. The fraction of sp³-hybridized carbons (Fsp3) is 0.200. The highest BCUT2D eigenvalue weighted by atomic mass is 16.5. The molecule has 2 aromatic rings. The minimum absolute atomic E-state index is 0.191. The second-order valence-electron chi connectivity index (χ2n) is 3.45. The Morgan fingerprint density at radius 3 is 2.88 bits per heavy atom. The van der Waals surface area contributed by atoms with Crippen LogP contribution in [0.15, 0.2) is 24.5 Å². The molecule has 0 atom stereocenters. The van der Waals surface area contributed by atoms with Crippen molar-refractivity contribution in [1.29, 1.82) is 0 Å². The molecular weight excluding hydrogens is 223 g/mol. The van der Waals surface area contributed by atoms with Gasteiger partial charge in [-0.15, -0.1) is 0 Å². The topological polar surface area (TPSA) is 84.1 Å². The van der Waals surface area contributed by atoms with Gasteiger partial charge in [-0.05, 0) is 18.5 Å². The number of fused-ring (bicyclic) bond motifs is 1. The van der Waals surface area contributed by atoms with E-state index >= 15 is 0 Å². The van der Waals surface area contributed by atoms with Gasteiger partial charge in [-0.3, -0.25) is 0 Å². The number of carbonyl (C=O) groups is 1. The largest absolute Gasteiger partial charge is 0.489 e. The fourth-order valence-electron chi connectivity index (χ4n) is 1.47. The van der Waals surface area contributed by atoms with E-state index in [-0.39, 0.29) is 12.3 Å². The number of rotatable bonds is 3. The van der Waals surface area contributed by atoms with E-state index in [4.69, 9.17) is 14.8 Å². The van der Waals surface area contributed by atoms with E-state index in [1.54, 1.807) is 17.4 Å². The van der Waals surface area contributed by atoms with Crippen LogP contribution in [0.4, 0.5) is 0 Å². The van der Waals surface area contributed by atoms with Crippen LogP contribution in [0.5, 0.6) is 0 Å². The van der Waals surface area contributed by atoms with Crippen LogP contribution in [-0.2, 0) is 4.74 Å². The minimum atomic E-state index is -1.55. The Hall–Kier alpha value is -1.86. The zero-order valence-corrected chi connectivity index (χ0v) is 9.20. The second-order valence-corrected chi connectivity index (χ2v) is 3.45. The summed E-state index contributed by atoms with van der Waals surface area (Å²) in [6, 6.07) is 3.12. The summed E-state index contributed by atoms with van der Waals surface area (Å²) < 4.78 is 6.36. The molecule has 88 valence electrons. The van der Waals surface area contributed by atoms with E-state index in [2.05, 4.69) is 4.98 Å². The van der Waals surface area contributed by atoms with Crippen molar-refractivity contribution in [2.75, 3.05) is 6.61 Å². The van der Waals surface area contributed by atoms with Gasteiger partial charge in [-0.25, -0.2) is 9.78 Å². The summed E-state index contributed by atoms with van der Waals surface area (Å²) in [4.78, 5) is 15.5. The van der Waals surface area contributed by atoms with Gasteiger partial charge in [-0.2, -0.15) is 0 Å². The van der Waals surface area contributed by atoms with Crippen LogP contribution in [0.2, 0.25) is 0 Å². The predicted octanol–water partition coefficient (Wildman–Crippen LogP) is -0.809. The molecule has 0 aliphatic heterocycles. The van der Waals surface area contributed by atoms with Crippen molar-refractivity contribution in [3.63, 3.8) is 0 Å². The van der Waals surface area contributed by atoms with Gasteiger partial charge >= 0.3 is 13.1 Å². The van der Waals surface area contributed by atoms with Crippen molar-refractivity contribution in [2.45, 2.75) is 6.92 Å².